The third kappa shape index (κ3) is 3.19. The zero-order valence-electron chi connectivity index (χ0n) is 11.7. The summed E-state index contributed by atoms with van der Waals surface area (Å²) in [6, 6.07) is 3.56. The molecule has 0 amide bonds. The van der Waals surface area contributed by atoms with Crippen LogP contribution >= 0.6 is 45.8 Å². The Hall–Kier alpha value is -0.790. The number of nitrogens with zero attached hydrogens (tertiary/aromatic N) is 2. The van der Waals surface area contributed by atoms with E-state index in [1.165, 1.54) is 7.11 Å². The van der Waals surface area contributed by atoms with Gasteiger partial charge in [-0.05, 0) is 41.1 Å². The molecule has 4 nitrogen and oxygen atoms in total. The van der Waals surface area contributed by atoms with Gasteiger partial charge < -0.3 is 9.47 Å². The molecule has 0 N–H and O–H groups in total. The largest absolute Gasteiger partial charge is 0.493 e. The number of methoxy groups -OCH3 is 2. The van der Waals surface area contributed by atoms with Gasteiger partial charge in [0.2, 0.25) is 0 Å². The molecule has 0 saturated heterocycles. The summed E-state index contributed by atoms with van der Waals surface area (Å²) in [5, 5.41) is 0.819. The second-order valence-corrected chi connectivity index (χ2v) is 5.93. The fraction of sp³-hybridized carbons (Fsp3) is 0.286. The average Bonchev–Trinajstić information content (AvgIpc) is 2.49. The summed E-state index contributed by atoms with van der Waals surface area (Å²) in [7, 11) is 3.09. The van der Waals surface area contributed by atoms with Crippen molar-refractivity contribution in [2.75, 3.05) is 14.2 Å². The van der Waals surface area contributed by atoms with Crippen LogP contribution in [0.1, 0.15) is 12.6 Å². The number of ether oxygens (including phenoxy) is 2. The van der Waals surface area contributed by atoms with Gasteiger partial charge in [-0.3, -0.25) is 0 Å². The van der Waals surface area contributed by atoms with Crippen LogP contribution in [0.25, 0.3) is 11.4 Å². The Morgan fingerprint density at radius 2 is 1.86 bits per heavy atom. The van der Waals surface area contributed by atoms with Gasteiger partial charge in [0.1, 0.15) is 5.15 Å². The Balaban J connectivity index is 2.65. The molecule has 21 heavy (non-hydrogen) atoms. The van der Waals surface area contributed by atoms with Crippen LogP contribution in [-0.2, 0) is 6.42 Å². The van der Waals surface area contributed by atoms with Crippen molar-refractivity contribution in [3.8, 4) is 22.9 Å². The van der Waals surface area contributed by atoms with Gasteiger partial charge in [-0.2, -0.15) is 0 Å². The van der Waals surface area contributed by atoms with Gasteiger partial charge in [0.15, 0.2) is 17.3 Å². The summed E-state index contributed by atoms with van der Waals surface area (Å²) in [5.41, 5.74) is 1.54. The molecule has 2 aromatic rings. The summed E-state index contributed by atoms with van der Waals surface area (Å²) < 4.78 is 11.4. The predicted molar refractivity (Wildman–Crippen MR) is 92.7 cm³/mol. The zero-order chi connectivity index (χ0) is 15.6. The molecule has 2 rings (SSSR count). The van der Waals surface area contributed by atoms with E-state index in [1.807, 2.05) is 6.92 Å². The van der Waals surface area contributed by atoms with Gasteiger partial charge >= 0.3 is 0 Å². The monoisotopic (exact) mass is 438 g/mol. The Morgan fingerprint density at radius 1 is 1.14 bits per heavy atom. The predicted octanol–water partition coefficient (Wildman–Crippen LogP) is 4.63. The Labute approximate surface area is 146 Å². The minimum Gasteiger partial charge on any atom is -0.493 e. The number of rotatable bonds is 4. The van der Waals surface area contributed by atoms with Crippen molar-refractivity contribution in [3.63, 3.8) is 0 Å². The fourth-order valence-corrected chi connectivity index (χ4v) is 3.01. The molecule has 0 saturated carbocycles. The molecule has 0 atom stereocenters. The zero-order valence-corrected chi connectivity index (χ0v) is 15.4. The average molecular weight is 439 g/mol. The van der Waals surface area contributed by atoms with Crippen LogP contribution in [0.3, 0.4) is 0 Å². The fourth-order valence-electron chi connectivity index (χ4n) is 1.88. The van der Waals surface area contributed by atoms with Gasteiger partial charge in [0.05, 0.1) is 28.5 Å². The van der Waals surface area contributed by atoms with Gasteiger partial charge in [-0.15, -0.1) is 0 Å². The van der Waals surface area contributed by atoms with E-state index < -0.39 is 0 Å². The molecule has 0 aliphatic carbocycles. The quantitative estimate of drug-likeness (QED) is 0.515. The van der Waals surface area contributed by atoms with E-state index in [1.54, 1.807) is 19.2 Å². The highest BCUT2D eigenvalue weighted by Gasteiger charge is 2.18. The molecule has 0 unspecified atom stereocenters. The maximum Gasteiger partial charge on any atom is 0.180 e. The topological polar surface area (TPSA) is 44.2 Å². The van der Waals surface area contributed by atoms with Crippen molar-refractivity contribution in [3.05, 3.63) is 31.6 Å². The lowest BCUT2D eigenvalue weighted by Crippen LogP contribution is -2.01. The minimum atomic E-state index is 0.399. The second kappa shape index (κ2) is 6.98. The van der Waals surface area contributed by atoms with E-state index >= 15 is 0 Å². The number of hydrogen-bond acceptors (Lipinski definition) is 4. The molecule has 0 fully saturated rings. The molecule has 0 bridgehead atoms. The molecule has 112 valence electrons. The molecule has 1 aromatic heterocycles. The number of halogens is 3. The van der Waals surface area contributed by atoms with Gasteiger partial charge in [-0.1, -0.05) is 30.1 Å². The first-order valence-corrected chi connectivity index (χ1v) is 7.99. The summed E-state index contributed by atoms with van der Waals surface area (Å²) >= 11 is 14.7. The summed E-state index contributed by atoms with van der Waals surface area (Å²) in [4.78, 5) is 8.84. The lowest BCUT2D eigenvalue weighted by Gasteiger charge is -2.13. The van der Waals surface area contributed by atoms with Crippen molar-refractivity contribution in [1.29, 1.82) is 0 Å². The second-order valence-electron chi connectivity index (χ2n) is 4.11. The van der Waals surface area contributed by atoms with Crippen molar-refractivity contribution >= 4 is 45.8 Å². The Bertz CT molecular complexity index is 681. The third-order valence-corrected chi connectivity index (χ3v) is 5.04. The van der Waals surface area contributed by atoms with Crippen molar-refractivity contribution in [2.45, 2.75) is 13.3 Å². The first-order valence-electron chi connectivity index (χ1n) is 6.16. The summed E-state index contributed by atoms with van der Waals surface area (Å²) in [6.45, 7) is 2.01. The maximum atomic E-state index is 6.39. The Morgan fingerprint density at radius 3 is 2.43 bits per heavy atom. The lowest BCUT2D eigenvalue weighted by atomic mass is 10.1. The van der Waals surface area contributed by atoms with E-state index in [-0.39, 0.29) is 0 Å². The molecule has 7 heteroatoms. The van der Waals surface area contributed by atoms with Crippen molar-refractivity contribution in [2.24, 2.45) is 0 Å². The van der Waals surface area contributed by atoms with Gasteiger partial charge in [0, 0.05) is 5.56 Å². The normalized spacial score (nSPS) is 10.6. The summed E-state index contributed by atoms with van der Waals surface area (Å²) in [6.07, 6.45) is 0.762. The van der Waals surface area contributed by atoms with E-state index in [0.717, 1.165) is 15.7 Å². The van der Waals surface area contributed by atoms with Crippen LogP contribution in [0.5, 0.6) is 11.5 Å². The highest BCUT2D eigenvalue weighted by atomic mass is 127. The third-order valence-electron chi connectivity index (χ3n) is 2.94. The SMILES string of the molecule is CCc1nc(-c2ccc(OC)c(OC)c2Cl)nc(Cl)c1I. The molecule has 1 heterocycles. The van der Waals surface area contributed by atoms with E-state index in [0.29, 0.717) is 33.1 Å². The number of aryl methyl sites for hydroxylation is 1. The van der Waals surface area contributed by atoms with E-state index in [9.17, 15) is 0 Å². The van der Waals surface area contributed by atoms with Crippen LogP contribution in [0.2, 0.25) is 10.2 Å². The standard InChI is InChI=1S/C14H13Cl2IN2O2/c1-4-8-11(17)13(16)19-14(18-8)7-5-6-9(20-2)12(21-3)10(7)15/h5-6H,4H2,1-3H3. The van der Waals surface area contributed by atoms with Crippen LogP contribution in [0, 0.1) is 3.57 Å². The van der Waals surface area contributed by atoms with E-state index in [4.69, 9.17) is 32.7 Å². The summed E-state index contributed by atoms with van der Waals surface area (Å²) in [5.74, 6) is 1.48. The van der Waals surface area contributed by atoms with E-state index in [2.05, 4.69) is 32.6 Å². The minimum absolute atomic E-state index is 0.399. The van der Waals surface area contributed by atoms with Crippen molar-refractivity contribution in [1.82, 2.24) is 9.97 Å². The molecule has 0 radical (unpaired) electrons. The molecule has 0 spiro atoms. The smallest absolute Gasteiger partial charge is 0.180 e. The Kier molecular flexibility index (Phi) is 5.51. The molecular formula is C14H13Cl2IN2O2. The lowest BCUT2D eigenvalue weighted by molar-refractivity contribution is 0.355. The maximum absolute atomic E-state index is 6.39. The van der Waals surface area contributed by atoms with Gasteiger partial charge in [-0.25, -0.2) is 9.97 Å². The van der Waals surface area contributed by atoms with Crippen LogP contribution in [0.15, 0.2) is 12.1 Å². The van der Waals surface area contributed by atoms with Crippen LogP contribution in [0.4, 0.5) is 0 Å². The molecule has 0 aliphatic heterocycles. The van der Waals surface area contributed by atoms with Crippen molar-refractivity contribution < 1.29 is 9.47 Å². The molecular weight excluding hydrogens is 426 g/mol. The number of benzene rings is 1. The first kappa shape index (κ1) is 16.6. The first-order chi connectivity index (χ1) is 10.0. The number of aromatic nitrogens is 2. The highest BCUT2D eigenvalue weighted by molar-refractivity contribution is 14.1. The van der Waals surface area contributed by atoms with Crippen LogP contribution < -0.4 is 9.47 Å². The van der Waals surface area contributed by atoms with Crippen LogP contribution in [-0.4, -0.2) is 24.2 Å². The highest BCUT2D eigenvalue weighted by Crippen LogP contribution is 2.41. The number of hydrogen-bond donors (Lipinski definition) is 0. The molecule has 1 aromatic carbocycles. The van der Waals surface area contributed by atoms with Gasteiger partial charge in [0.25, 0.3) is 0 Å². The molecule has 0 aliphatic rings.